The van der Waals surface area contributed by atoms with Crippen LogP contribution in [0.5, 0.6) is 5.75 Å². The van der Waals surface area contributed by atoms with Gasteiger partial charge in [-0.2, -0.15) is 0 Å². The van der Waals surface area contributed by atoms with Crippen LogP contribution in [-0.4, -0.2) is 36.1 Å². The quantitative estimate of drug-likeness (QED) is 0.222. The van der Waals surface area contributed by atoms with Gasteiger partial charge in [-0.3, -0.25) is 19.2 Å². The Kier molecular flexibility index (Phi) is 6.55. The van der Waals surface area contributed by atoms with Gasteiger partial charge < -0.3 is 9.47 Å². The molecule has 35 heavy (non-hydrogen) atoms. The van der Waals surface area contributed by atoms with E-state index in [2.05, 4.69) is 0 Å². The van der Waals surface area contributed by atoms with Gasteiger partial charge >= 0.3 is 11.9 Å². The Morgan fingerprint density at radius 1 is 0.829 bits per heavy atom. The Balaban J connectivity index is 1.46. The van der Waals surface area contributed by atoms with E-state index in [9.17, 15) is 24.0 Å². The number of fused-ring (bicyclic) bond motifs is 1. The molecule has 0 aliphatic carbocycles. The van der Waals surface area contributed by atoms with Crippen molar-refractivity contribution in [3.63, 3.8) is 0 Å². The van der Waals surface area contributed by atoms with E-state index in [1.165, 1.54) is 49.4 Å². The van der Waals surface area contributed by atoms with E-state index >= 15 is 0 Å². The Hall–Kier alpha value is -4.59. The molecule has 0 saturated heterocycles. The van der Waals surface area contributed by atoms with Crippen LogP contribution >= 0.6 is 0 Å². The van der Waals surface area contributed by atoms with Gasteiger partial charge in [0, 0.05) is 12.5 Å². The Labute approximate surface area is 201 Å². The average molecular weight is 471 g/mol. The summed E-state index contributed by atoms with van der Waals surface area (Å²) in [7, 11) is 0. The number of carbonyl (C=O) groups is 5. The van der Waals surface area contributed by atoms with Crippen LogP contribution in [0.15, 0.2) is 66.7 Å². The highest BCUT2D eigenvalue weighted by Gasteiger charge is 2.38. The number of rotatable bonds is 7. The van der Waals surface area contributed by atoms with Crippen molar-refractivity contribution in [3.8, 4) is 5.75 Å². The number of benzene rings is 3. The summed E-state index contributed by atoms with van der Waals surface area (Å²) in [6.45, 7) is 2.68. The fraction of sp³-hybridized carbons (Fsp3) is 0.148. The topological polar surface area (TPSA) is 107 Å². The third-order valence-corrected chi connectivity index (χ3v) is 5.51. The summed E-state index contributed by atoms with van der Waals surface area (Å²) in [4.78, 5) is 63.0. The maximum Gasteiger partial charge on any atom is 0.338 e. The zero-order valence-corrected chi connectivity index (χ0v) is 19.1. The molecule has 4 rings (SSSR count). The fourth-order valence-corrected chi connectivity index (χ4v) is 3.79. The number of imide groups is 1. The molecule has 0 spiro atoms. The van der Waals surface area contributed by atoms with Gasteiger partial charge in [0.25, 0.3) is 11.8 Å². The number of hydrogen-bond donors (Lipinski definition) is 0. The lowest BCUT2D eigenvalue weighted by Crippen LogP contribution is -2.30. The zero-order chi connectivity index (χ0) is 25.1. The number of carbonyl (C=O) groups excluding carboxylic acids is 5. The third kappa shape index (κ3) is 4.72. The predicted molar refractivity (Wildman–Crippen MR) is 126 cm³/mol. The molecule has 0 unspecified atom stereocenters. The van der Waals surface area contributed by atoms with E-state index in [-0.39, 0.29) is 22.3 Å². The SMILES string of the molecule is CCc1ccccc1N1C(=O)c2ccc(C(=O)OCC(=O)c3ccc(OC(C)=O)cc3)cc2C1=O. The number of aryl methyl sites for hydroxylation is 1. The molecule has 176 valence electrons. The summed E-state index contributed by atoms with van der Waals surface area (Å²) >= 11 is 0. The molecule has 2 amide bonds. The monoisotopic (exact) mass is 471 g/mol. The molecule has 0 bridgehead atoms. The number of amides is 2. The summed E-state index contributed by atoms with van der Waals surface area (Å²) in [5.41, 5.74) is 1.98. The van der Waals surface area contributed by atoms with Crippen molar-refractivity contribution < 1.29 is 33.4 Å². The first-order valence-corrected chi connectivity index (χ1v) is 10.9. The lowest BCUT2D eigenvalue weighted by atomic mass is 10.1. The first-order valence-electron chi connectivity index (χ1n) is 10.9. The van der Waals surface area contributed by atoms with Gasteiger partial charge in [-0.15, -0.1) is 0 Å². The van der Waals surface area contributed by atoms with Crippen molar-refractivity contribution in [3.05, 3.63) is 94.5 Å². The maximum absolute atomic E-state index is 13.1. The highest BCUT2D eigenvalue weighted by molar-refractivity contribution is 6.35. The molecule has 8 heteroatoms. The van der Waals surface area contributed by atoms with Crippen molar-refractivity contribution >= 4 is 35.2 Å². The lowest BCUT2D eigenvalue weighted by Gasteiger charge is -2.17. The van der Waals surface area contributed by atoms with Gasteiger partial charge in [0.1, 0.15) is 5.75 Å². The molecule has 0 saturated carbocycles. The molecule has 0 radical (unpaired) electrons. The highest BCUT2D eigenvalue weighted by atomic mass is 16.5. The van der Waals surface area contributed by atoms with Crippen LogP contribution < -0.4 is 9.64 Å². The lowest BCUT2D eigenvalue weighted by molar-refractivity contribution is -0.131. The molecular formula is C27H21NO7. The molecule has 1 aliphatic rings. The minimum Gasteiger partial charge on any atom is -0.454 e. The summed E-state index contributed by atoms with van der Waals surface area (Å²) in [5, 5.41) is 0. The van der Waals surface area contributed by atoms with Gasteiger partial charge in [0.05, 0.1) is 22.4 Å². The first kappa shape index (κ1) is 23.6. The normalized spacial score (nSPS) is 12.3. The molecule has 1 heterocycles. The fourth-order valence-electron chi connectivity index (χ4n) is 3.79. The number of para-hydroxylation sites is 1. The number of hydrogen-bond acceptors (Lipinski definition) is 7. The minimum atomic E-state index is -0.801. The van der Waals surface area contributed by atoms with Gasteiger partial charge in [0.2, 0.25) is 0 Å². The third-order valence-electron chi connectivity index (χ3n) is 5.51. The number of anilines is 1. The molecular weight excluding hydrogens is 450 g/mol. The molecule has 3 aromatic carbocycles. The van der Waals surface area contributed by atoms with E-state index in [1.54, 1.807) is 12.1 Å². The van der Waals surface area contributed by atoms with Crippen molar-refractivity contribution in [2.24, 2.45) is 0 Å². The van der Waals surface area contributed by atoms with Gasteiger partial charge in [-0.05, 0) is 60.5 Å². The summed E-state index contributed by atoms with van der Waals surface area (Å²) in [6, 6.07) is 17.1. The van der Waals surface area contributed by atoms with E-state index in [0.717, 1.165) is 10.5 Å². The predicted octanol–water partition coefficient (Wildman–Crippen LogP) is 4.01. The van der Waals surface area contributed by atoms with Crippen molar-refractivity contribution in [1.82, 2.24) is 0 Å². The van der Waals surface area contributed by atoms with Gasteiger partial charge in [0.15, 0.2) is 12.4 Å². The van der Waals surface area contributed by atoms with Crippen molar-refractivity contribution in [1.29, 1.82) is 0 Å². The van der Waals surface area contributed by atoms with E-state index in [0.29, 0.717) is 17.9 Å². The van der Waals surface area contributed by atoms with Crippen molar-refractivity contribution in [2.75, 3.05) is 11.5 Å². The van der Waals surface area contributed by atoms with E-state index < -0.39 is 36.1 Å². The minimum absolute atomic E-state index is 0.0496. The van der Waals surface area contributed by atoms with Crippen LogP contribution in [0, 0.1) is 0 Å². The Morgan fingerprint density at radius 3 is 2.17 bits per heavy atom. The highest BCUT2D eigenvalue weighted by Crippen LogP contribution is 2.31. The van der Waals surface area contributed by atoms with Crippen LogP contribution in [-0.2, 0) is 16.0 Å². The second-order valence-electron chi connectivity index (χ2n) is 7.81. The zero-order valence-electron chi connectivity index (χ0n) is 19.1. The van der Waals surface area contributed by atoms with Gasteiger partial charge in [-0.25, -0.2) is 9.69 Å². The standard InChI is InChI=1S/C27H21NO7/c1-3-17-6-4-5-7-23(17)28-25(31)21-13-10-19(14-22(21)26(28)32)27(33)34-15-24(30)18-8-11-20(12-9-18)35-16(2)29/h4-14H,3,15H2,1-2H3. The molecule has 8 nitrogen and oxygen atoms in total. The summed E-state index contributed by atoms with van der Waals surface area (Å²) < 4.78 is 10.0. The van der Waals surface area contributed by atoms with Gasteiger partial charge in [-0.1, -0.05) is 25.1 Å². The Morgan fingerprint density at radius 2 is 1.49 bits per heavy atom. The molecule has 0 aromatic heterocycles. The van der Waals surface area contributed by atoms with E-state index in [1.807, 2.05) is 19.1 Å². The second kappa shape index (κ2) is 9.72. The average Bonchev–Trinajstić information content (AvgIpc) is 3.11. The Bertz CT molecular complexity index is 1360. The molecule has 0 N–H and O–H groups in total. The summed E-state index contributed by atoms with van der Waals surface area (Å²) in [6.07, 6.45) is 0.641. The number of nitrogens with zero attached hydrogens (tertiary/aromatic N) is 1. The smallest absolute Gasteiger partial charge is 0.338 e. The van der Waals surface area contributed by atoms with E-state index in [4.69, 9.17) is 9.47 Å². The van der Waals surface area contributed by atoms with Crippen molar-refractivity contribution in [2.45, 2.75) is 20.3 Å². The summed E-state index contributed by atoms with van der Waals surface area (Å²) in [5.74, 6) is -2.43. The second-order valence-corrected chi connectivity index (χ2v) is 7.81. The largest absolute Gasteiger partial charge is 0.454 e. The number of Topliss-reactive ketones (excluding diaryl/α,β-unsaturated/α-hetero) is 1. The van der Waals surface area contributed by atoms with Crippen LogP contribution in [0.25, 0.3) is 0 Å². The number of ether oxygens (including phenoxy) is 2. The molecule has 3 aromatic rings. The molecule has 1 aliphatic heterocycles. The van der Waals surface area contributed by atoms with Crippen LogP contribution in [0.3, 0.4) is 0 Å². The van der Waals surface area contributed by atoms with Crippen LogP contribution in [0.4, 0.5) is 5.69 Å². The van der Waals surface area contributed by atoms with Crippen LogP contribution in [0.1, 0.15) is 60.8 Å². The molecule has 0 atom stereocenters. The number of ketones is 1. The maximum atomic E-state index is 13.1. The first-order chi connectivity index (χ1) is 16.8. The van der Waals surface area contributed by atoms with Crippen LogP contribution in [0.2, 0.25) is 0 Å². The number of esters is 2. The molecule has 0 fully saturated rings.